The van der Waals surface area contributed by atoms with Crippen LogP contribution in [0.1, 0.15) is 16.1 Å². The van der Waals surface area contributed by atoms with Crippen molar-refractivity contribution < 1.29 is 17.6 Å². The fourth-order valence-corrected chi connectivity index (χ4v) is 3.44. The van der Waals surface area contributed by atoms with Crippen molar-refractivity contribution in [1.29, 1.82) is 0 Å². The van der Waals surface area contributed by atoms with E-state index in [2.05, 4.69) is 10.0 Å². The highest BCUT2D eigenvalue weighted by Gasteiger charge is 2.15. The van der Waals surface area contributed by atoms with Gasteiger partial charge in [0, 0.05) is 5.69 Å². The molecule has 0 fully saturated rings. The van der Waals surface area contributed by atoms with Gasteiger partial charge in [-0.1, -0.05) is 23.7 Å². The monoisotopic (exact) mass is 390 g/mol. The molecule has 2 N–H and O–H groups in total. The summed E-state index contributed by atoms with van der Waals surface area (Å²) in [6.07, 6.45) is 1.47. The molecule has 0 unspecified atom stereocenters. The average molecular weight is 391 g/mol. The molecule has 3 rings (SSSR count). The summed E-state index contributed by atoms with van der Waals surface area (Å²) in [4.78, 5) is 12.3. The number of amides is 1. The van der Waals surface area contributed by atoms with Crippen LogP contribution in [-0.2, 0) is 16.6 Å². The van der Waals surface area contributed by atoms with Crippen LogP contribution in [0.2, 0.25) is 5.02 Å². The van der Waals surface area contributed by atoms with E-state index in [4.69, 9.17) is 16.0 Å². The molecule has 0 saturated heterocycles. The third kappa shape index (κ3) is 4.32. The van der Waals surface area contributed by atoms with Crippen molar-refractivity contribution >= 4 is 33.2 Å². The minimum absolute atomic E-state index is 0.0559. The van der Waals surface area contributed by atoms with Gasteiger partial charge in [0.25, 0.3) is 5.91 Å². The van der Waals surface area contributed by atoms with Crippen LogP contribution in [0.5, 0.6) is 0 Å². The average Bonchev–Trinajstić information content (AvgIpc) is 3.14. The first-order valence-corrected chi connectivity index (χ1v) is 9.50. The Balaban J connectivity index is 1.68. The van der Waals surface area contributed by atoms with Gasteiger partial charge in [-0.15, -0.1) is 0 Å². The van der Waals surface area contributed by atoms with E-state index in [-0.39, 0.29) is 17.3 Å². The molecule has 0 spiro atoms. The first-order chi connectivity index (χ1) is 12.5. The fraction of sp³-hybridized carbons (Fsp3) is 0.0556. The van der Waals surface area contributed by atoms with Crippen molar-refractivity contribution in [3.8, 4) is 0 Å². The second kappa shape index (κ2) is 7.74. The smallest absolute Gasteiger partial charge is 0.257 e. The molecular formula is C18H15ClN2O4S. The highest BCUT2D eigenvalue weighted by Crippen LogP contribution is 2.19. The molecule has 8 heteroatoms. The highest BCUT2D eigenvalue weighted by molar-refractivity contribution is 7.89. The normalized spacial score (nSPS) is 11.3. The summed E-state index contributed by atoms with van der Waals surface area (Å²) >= 11 is 5.99. The molecule has 0 radical (unpaired) electrons. The largest absolute Gasteiger partial charge is 0.468 e. The number of carbonyl (C=O) groups is 1. The van der Waals surface area contributed by atoms with Gasteiger partial charge in [-0.05, 0) is 48.5 Å². The number of rotatable bonds is 6. The molecular weight excluding hydrogens is 376 g/mol. The quantitative estimate of drug-likeness (QED) is 0.672. The number of benzene rings is 2. The van der Waals surface area contributed by atoms with Crippen molar-refractivity contribution in [2.24, 2.45) is 0 Å². The third-order valence-corrected chi connectivity index (χ3v) is 5.30. The molecule has 0 aliphatic carbocycles. The lowest BCUT2D eigenvalue weighted by Gasteiger charge is -2.09. The van der Waals surface area contributed by atoms with Crippen LogP contribution in [0.3, 0.4) is 0 Å². The van der Waals surface area contributed by atoms with Gasteiger partial charge in [0.15, 0.2) is 0 Å². The summed E-state index contributed by atoms with van der Waals surface area (Å²) in [7, 11) is -3.68. The van der Waals surface area contributed by atoms with Crippen molar-refractivity contribution in [1.82, 2.24) is 4.72 Å². The van der Waals surface area contributed by atoms with Crippen LogP contribution in [-0.4, -0.2) is 14.3 Å². The standard InChI is InChI=1S/C18H15ClN2O4S/c19-17-6-2-1-5-16(17)18(22)21-13-7-9-15(10-8-13)26(23,24)20-12-14-4-3-11-25-14/h1-11,20H,12H2,(H,21,22). The number of anilines is 1. The van der Waals surface area contributed by atoms with Crippen LogP contribution in [0, 0.1) is 0 Å². The third-order valence-electron chi connectivity index (χ3n) is 3.56. The highest BCUT2D eigenvalue weighted by atomic mass is 35.5. The molecule has 1 heterocycles. The van der Waals surface area contributed by atoms with Gasteiger partial charge in [0.2, 0.25) is 10.0 Å². The molecule has 1 amide bonds. The molecule has 2 aromatic carbocycles. The summed E-state index contributed by atoms with van der Waals surface area (Å²) in [5.41, 5.74) is 0.797. The van der Waals surface area contributed by atoms with Crippen molar-refractivity contribution in [2.75, 3.05) is 5.32 Å². The maximum atomic E-state index is 12.3. The number of hydrogen-bond donors (Lipinski definition) is 2. The number of sulfonamides is 1. The van der Waals surface area contributed by atoms with E-state index in [1.807, 2.05) is 0 Å². The molecule has 134 valence electrons. The van der Waals surface area contributed by atoms with Crippen molar-refractivity contribution in [3.63, 3.8) is 0 Å². The predicted octanol–water partition coefficient (Wildman–Crippen LogP) is 3.66. The summed E-state index contributed by atoms with van der Waals surface area (Å²) in [6.45, 7) is 0.0559. The van der Waals surface area contributed by atoms with Gasteiger partial charge in [0.05, 0.1) is 28.3 Å². The van der Waals surface area contributed by atoms with Crippen LogP contribution in [0.25, 0.3) is 0 Å². The Kier molecular flexibility index (Phi) is 5.41. The van der Waals surface area contributed by atoms with Crippen molar-refractivity contribution in [3.05, 3.63) is 83.3 Å². The molecule has 0 saturated carbocycles. The number of hydrogen-bond acceptors (Lipinski definition) is 4. The maximum absolute atomic E-state index is 12.3. The van der Waals surface area contributed by atoms with E-state index in [0.29, 0.717) is 22.0 Å². The molecule has 0 aliphatic heterocycles. The van der Waals surface area contributed by atoms with E-state index in [9.17, 15) is 13.2 Å². The minimum atomic E-state index is -3.68. The Morgan fingerprint density at radius 3 is 2.38 bits per heavy atom. The van der Waals surface area contributed by atoms with Crippen LogP contribution in [0.15, 0.2) is 76.2 Å². The topological polar surface area (TPSA) is 88.4 Å². The maximum Gasteiger partial charge on any atom is 0.257 e. The predicted molar refractivity (Wildman–Crippen MR) is 98.6 cm³/mol. The molecule has 6 nitrogen and oxygen atoms in total. The van der Waals surface area contributed by atoms with E-state index in [1.54, 1.807) is 36.4 Å². The number of carbonyl (C=O) groups excluding carboxylic acids is 1. The van der Waals surface area contributed by atoms with Crippen LogP contribution < -0.4 is 10.0 Å². The molecule has 0 aliphatic rings. The molecule has 3 aromatic rings. The first-order valence-electron chi connectivity index (χ1n) is 7.64. The lowest BCUT2D eigenvalue weighted by Crippen LogP contribution is -2.23. The number of furan rings is 1. The second-order valence-electron chi connectivity index (χ2n) is 5.36. The zero-order chi connectivity index (χ0) is 18.6. The molecule has 0 atom stereocenters. The lowest BCUT2D eigenvalue weighted by atomic mass is 10.2. The molecule has 0 bridgehead atoms. The van der Waals surface area contributed by atoms with Gasteiger partial charge in [-0.2, -0.15) is 0 Å². The number of halogens is 1. The number of nitrogens with one attached hydrogen (secondary N) is 2. The lowest BCUT2D eigenvalue weighted by molar-refractivity contribution is 0.102. The Labute approximate surface area is 155 Å². The van der Waals surface area contributed by atoms with Gasteiger partial charge >= 0.3 is 0 Å². The first kappa shape index (κ1) is 18.2. The zero-order valence-corrected chi connectivity index (χ0v) is 15.0. The Hall–Kier alpha value is -2.61. The Morgan fingerprint density at radius 1 is 1.00 bits per heavy atom. The Morgan fingerprint density at radius 2 is 1.73 bits per heavy atom. The molecule has 1 aromatic heterocycles. The van der Waals surface area contributed by atoms with E-state index in [0.717, 1.165) is 0 Å². The van der Waals surface area contributed by atoms with Crippen molar-refractivity contribution in [2.45, 2.75) is 11.4 Å². The summed E-state index contributed by atoms with van der Waals surface area (Å²) in [5, 5.41) is 3.02. The van der Waals surface area contributed by atoms with Crippen LogP contribution >= 0.6 is 11.6 Å². The zero-order valence-electron chi connectivity index (χ0n) is 13.5. The van der Waals surface area contributed by atoms with Gasteiger partial charge in [-0.3, -0.25) is 4.79 Å². The fourth-order valence-electron chi connectivity index (χ4n) is 2.22. The van der Waals surface area contributed by atoms with E-state index >= 15 is 0 Å². The molecule has 26 heavy (non-hydrogen) atoms. The van der Waals surface area contributed by atoms with Gasteiger partial charge in [-0.25, -0.2) is 13.1 Å². The van der Waals surface area contributed by atoms with Gasteiger partial charge in [0.1, 0.15) is 5.76 Å². The van der Waals surface area contributed by atoms with E-state index in [1.165, 1.54) is 30.5 Å². The van der Waals surface area contributed by atoms with E-state index < -0.39 is 10.0 Å². The SMILES string of the molecule is O=C(Nc1ccc(S(=O)(=O)NCc2ccco2)cc1)c1ccccc1Cl. The van der Waals surface area contributed by atoms with Crippen LogP contribution in [0.4, 0.5) is 5.69 Å². The Bertz CT molecular complexity index is 1000. The summed E-state index contributed by atoms with van der Waals surface area (Å²) in [6, 6.07) is 15.9. The summed E-state index contributed by atoms with van der Waals surface area (Å²) < 4.78 is 32.1. The van der Waals surface area contributed by atoms with Gasteiger partial charge < -0.3 is 9.73 Å². The second-order valence-corrected chi connectivity index (χ2v) is 7.54. The minimum Gasteiger partial charge on any atom is -0.468 e. The summed E-state index contributed by atoms with van der Waals surface area (Å²) in [5.74, 6) is 0.138.